The van der Waals surface area contributed by atoms with E-state index in [-0.39, 0.29) is 27.7 Å². The van der Waals surface area contributed by atoms with Crippen molar-refractivity contribution >= 4 is 35.0 Å². The van der Waals surface area contributed by atoms with Crippen molar-refractivity contribution in [1.82, 2.24) is 14.9 Å². The van der Waals surface area contributed by atoms with Crippen LogP contribution in [0.1, 0.15) is 31.3 Å². The van der Waals surface area contributed by atoms with Crippen molar-refractivity contribution in [3.63, 3.8) is 0 Å². The van der Waals surface area contributed by atoms with Crippen molar-refractivity contribution in [3.8, 4) is 11.4 Å². The second-order valence-electron chi connectivity index (χ2n) is 6.22. The summed E-state index contributed by atoms with van der Waals surface area (Å²) in [6.45, 7) is 0. The van der Waals surface area contributed by atoms with Crippen LogP contribution in [0.5, 0.6) is 5.75 Å². The van der Waals surface area contributed by atoms with E-state index in [0.717, 1.165) is 12.1 Å². The Morgan fingerprint density at radius 2 is 1.90 bits per heavy atom. The maximum atomic E-state index is 13.2. The molecule has 2 aromatic carbocycles. The monoisotopic (exact) mass is 445 g/mol. The van der Waals surface area contributed by atoms with E-state index in [1.807, 2.05) is 0 Å². The third kappa shape index (κ3) is 4.33. The number of rotatable bonds is 6. The number of methoxy groups -OCH3 is 1. The minimum Gasteiger partial charge on any atom is -0.494 e. The van der Waals surface area contributed by atoms with E-state index in [4.69, 9.17) is 22.1 Å². The van der Waals surface area contributed by atoms with Crippen LogP contribution in [0.3, 0.4) is 0 Å². The molecule has 1 aromatic heterocycles. The number of nitrogens with zero attached hydrogens (tertiary/aromatic N) is 2. The molecule has 31 heavy (non-hydrogen) atoms. The van der Waals surface area contributed by atoms with Gasteiger partial charge in [0.1, 0.15) is 23.6 Å². The highest BCUT2D eigenvalue weighted by molar-refractivity contribution is 6.34. The fraction of sp³-hybridized carbons (Fsp3) is 0.100. The molecule has 0 aliphatic heterocycles. The van der Waals surface area contributed by atoms with Crippen LogP contribution in [0.4, 0.5) is 10.1 Å². The molecule has 0 fully saturated rings. The van der Waals surface area contributed by atoms with E-state index in [9.17, 15) is 18.8 Å². The summed E-state index contributed by atoms with van der Waals surface area (Å²) < 4.78 is 19.9. The molecular weight excluding hydrogens is 429 g/mol. The van der Waals surface area contributed by atoms with Crippen LogP contribution in [0.25, 0.3) is 5.69 Å². The van der Waals surface area contributed by atoms with Gasteiger partial charge in [-0.25, -0.2) is 9.37 Å². The van der Waals surface area contributed by atoms with Crippen LogP contribution in [-0.2, 0) is 0 Å². The molecule has 0 bridgehead atoms. The molecule has 160 valence electrons. The average molecular weight is 446 g/mol. The van der Waals surface area contributed by atoms with Crippen molar-refractivity contribution in [2.75, 3.05) is 19.5 Å². The first-order valence-electron chi connectivity index (χ1n) is 8.80. The Morgan fingerprint density at radius 3 is 2.52 bits per heavy atom. The second-order valence-corrected chi connectivity index (χ2v) is 6.63. The zero-order valence-electron chi connectivity index (χ0n) is 16.4. The number of anilines is 1. The van der Waals surface area contributed by atoms with E-state index in [1.165, 1.54) is 43.3 Å². The van der Waals surface area contributed by atoms with Gasteiger partial charge < -0.3 is 21.1 Å². The first-order chi connectivity index (χ1) is 14.8. The third-order valence-electron chi connectivity index (χ3n) is 4.33. The standard InChI is InChI=1S/C20H17ClFN5O4/c1-24-20(30)16-17(18(23)28)27(9-25-16)11-4-6-14(15(8-11)31-2)26-19(29)12-5-3-10(22)7-13(12)21/h3-9H,1-2H3,(H2,23,28)(H,24,30)(H,26,29). The molecule has 0 aliphatic carbocycles. The van der Waals surface area contributed by atoms with E-state index >= 15 is 0 Å². The quantitative estimate of drug-likeness (QED) is 0.536. The lowest BCUT2D eigenvalue weighted by atomic mass is 10.2. The number of ether oxygens (including phenoxy) is 1. The summed E-state index contributed by atoms with van der Waals surface area (Å²) in [7, 11) is 2.79. The van der Waals surface area contributed by atoms with Crippen molar-refractivity contribution in [1.29, 1.82) is 0 Å². The van der Waals surface area contributed by atoms with Gasteiger partial charge in [-0.1, -0.05) is 11.6 Å². The first-order valence-corrected chi connectivity index (χ1v) is 9.18. The van der Waals surface area contributed by atoms with Crippen LogP contribution in [0.15, 0.2) is 42.7 Å². The molecule has 0 aliphatic rings. The highest BCUT2D eigenvalue weighted by Gasteiger charge is 2.23. The zero-order chi connectivity index (χ0) is 22.7. The van der Waals surface area contributed by atoms with Crippen molar-refractivity contribution in [3.05, 3.63) is 70.5 Å². The SMILES string of the molecule is CNC(=O)c1ncn(-c2ccc(NC(=O)c3ccc(F)cc3Cl)c(OC)c2)c1C(N)=O. The molecule has 0 saturated heterocycles. The predicted octanol–water partition coefficient (Wildman–Crippen LogP) is 2.38. The molecule has 1 heterocycles. The minimum absolute atomic E-state index is 0.0423. The van der Waals surface area contributed by atoms with Gasteiger partial charge in [0, 0.05) is 13.1 Å². The normalized spacial score (nSPS) is 10.5. The summed E-state index contributed by atoms with van der Waals surface area (Å²) in [6.07, 6.45) is 1.27. The van der Waals surface area contributed by atoms with Gasteiger partial charge in [-0.3, -0.25) is 19.0 Å². The molecule has 3 rings (SSSR count). The van der Waals surface area contributed by atoms with Crippen LogP contribution >= 0.6 is 11.6 Å². The van der Waals surface area contributed by atoms with Crippen molar-refractivity contribution in [2.24, 2.45) is 5.73 Å². The number of amides is 3. The predicted molar refractivity (Wildman–Crippen MR) is 111 cm³/mol. The van der Waals surface area contributed by atoms with Crippen LogP contribution in [0, 0.1) is 5.82 Å². The summed E-state index contributed by atoms with van der Waals surface area (Å²) in [5, 5.41) is 4.98. The summed E-state index contributed by atoms with van der Waals surface area (Å²) in [4.78, 5) is 40.4. The fourth-order valence-corrected chi connectivity index (χ4v) is 3.11. The number of nitrogens with one attached hydrogen (secondary N) is 2. The lowest BCUT2D eigenvalue weighted by Gasteiger charge is -2.14. The Labute approximate surface area is 181 Å². The fourth-order valence-electron chi connectivity index (χ4n) is 2.86. The largest absolute Gasteiger partial charge is 0.494 e. The van der Waals surface area contributed by atoms with Crippen molar-refractivity contribution < 1.29 is 23.5 Å². The number of hydrogen-bond donors (Lipinski definition) is 3. The molecule has 0 saturated carbocycles. The second kappa shape index (κ2) is 8.84. The van der Waals surface area contributed by atoms with E-state index in [1.54, 1.807) is 6.07 Å². The number of primary amides is 1. The van der Waals surface area contributed by atoms with Gasteiger partial charge in [-0.2, -0.15) is 0 Å². The Bertz CT molecular complexity index is 1190. The molecule has 9 nitrogen and oxygen atoms in total. The number of carbonyl (C=O) groups excluding carboxylic acids is 3. The molecule has 0 atom stereocenters. The molecule has 4 N–H and O–H groups in total. The number of aromatic nitrogens is 2. The third-order valence-corrected chi connectivity index (χ3v) is 4.64. The lowest BCUT2D eigenvalue weighted by Crippen LogP contribution is -2.25. The van der Waals surface area contributed by atoms with Gasteiger partial charge in [0.05, 0.1) is 29.1 Å². The van der Waals surface area contributed by atoms with Gasteiger partial charge >= 0.3 is 0 Å². The summed E-state index contributed by atoms with van der Waals surface area (Å²) in [5.74, 6) is -2.31. The smallest absolute Gasteiger partial charge is 0.272 e. The van der Waals surface area contributed by atoms with Crippen molar-refractivity contribution in [2.45, 2.75) is 0 Å². The number of imidazole rings is 1. The summed E-state index contributed by atoms with van der Waals surface area (Å²) >= 11 is 5.94. The van der Waals surface area contributed by atoms with Crippen LogP contribution in [0.2, 0.25) is 5.02 Å². The number of halogens is 2. The molecule has 3 amide bonds. The first kappa shape index (κ1) is 21.8. The zero-order valence-corrected chi connectivity index (χ0v) is 17.2. The molecule has 0 radical (unpaired) electrons. The van der Waals surface area contributed by atoms with Crippen LogP contribution in [-0.4, -0.2) is 41.4 Å². The highest BCUT2D eigenvalue weighted by atomic mass is 35.5. The summed E-state index contributed by atoms with van der Waals surface area (Å²) in [6, 6.07) is 8.02. The van der Waals surface area contributed by atoms with E-state index in [2.05, 4.69) is 15.6 Å². The Hall–Kier alpha value is -3.92. The molecule has 3 aromatic rings. The highest BCUT2D eigenvalue weighted by Crippen LogP contribution is 2.29. The maximum absolute atomic E-state index is 13.2. The number of benzene rings is 2. The lowest BCUT2D eigenvalue weighted by molar-refractivity contribution is 0.0937. The van der Waals surface area contributed by atoms with E-state index < -0.39 is 23.5 Å². The Balaban J connectivity index is 1.97. The average Bonchev–Trinajstić information content (AvgIpc) is 3.18. The van der Waals surface area contributed by atoms with Gasteiger partial charge in [0.25, 0.3) is 17.7 Å². The number of nitrogens with two attached hydrogens (primary N) is 1. The van der Waals surface area contributed by atoms with Gasteiger partial charge in [-0.05, 0) is 30.3 Å². The molecule has 11 heteroatoms. The molecular formula is C20H17ClFN5O4. The topological polar surface area (TPSA) is 128 Å². The van der Waals surface area contributed by atoms with E-state index in [0.29, 0.717) is 11.4 Å². The minimum atomic E-state index is -0.849. The molecule has 0 spiro atoms. The Kier molecular flexibility index (Phi) is 6.21. The number of carbonyl (C=O) groups is 3. The Morgan fingerprint density at radius 1 is 1.16 bits per heavy atom. The molecule has 0 unspecified atom stereocenters. The van der Waals surface area contributed by atoms with Gasteiger partial charge in [0.2, 0.25) is 0 Å². The van der Waals surface area contributed by atoms with Gasteiger partial charge in [0.15, 0.2) is 5.69 Å². The van der Waals surface area contributed by atoms with Crippen LogP contribution < -0.4 is 21.1 Å². The maximum Gasteiger partial charge on any atom is 0.272 e. The van der Waals surface area contributed by atoms with Gasteiger partial charge in [-0.15, -0.1) is 0 Å². The number of hydrogen-bond acceptors (Lipinski definition) is 5. The summed E-state index contributed by atoms with van der Waals surface area (Å²) in [5.41, 5.74) is 5.98.